The summed E-state index contributed by atoms with van der Waals surface area (Å²) in [6.07, 6.45) is 3.45. The summed E-state index contributed by atoms with van der Waals surface area (Å²) < 4.78 is 0.988. The number of nitrogens with two attached hydrogens (primary N) is 1. The van der Waals surface area contributed by atoms with Gasteiger partial charge in [0.25, 0.3) is 5.09 Å². The minimum absolute atomic E-state index is 0.136. The zero-order valence-corrected chi connectivity index (χ0v) is 14.4. The fourth-order valence-corrected chi connectivity index (χ4v) is 3.46. The fraction of sp³-hybridized carbons (Fsp3) is 0.176. The van der Waals surface area contributed by atoms with E-state index in [1.54, 1.807) is 36.7 Å². The van der Waals surface area contributed by atoms with Gasteiger partial charge in [-0.2, -0.15) is 0 Å². The lowest BCUT2D eigenvalue weighted by Crippen LogP contribution is -2.27. The van der Waals surface area contributed by atoms with Gasteiger partial charge in [-0.05, 0) is 28.6 Å². The summed E-state index contributed by atoms with van der Waals surface area (Å²) in [5.41, 5.74) is 7.16. The van der Waals surface area contributed by atoms with Crippen LogP contribution in [0.4, 0.5) is 5.00 Å². The summed E-state index contributed by atoms with van der Waals surface area (Å²) in [4.78, 5) is 31.2. The lowest BCUT2D eigenvalue weighted by molar-refractivity contribution is -0.763. The number of anilines is 1. The number of nitrogens with one attached hydrogen (secondary N) is 1. The normalized spacial score (nSPS) is 11.9. The van der Waals surface area contributed by atoms with Crippen molar-refractivity contribution < 1.29 is 14.7 Å². The average Bonchev–Trinajstić information content (AvgIpc) is 3.03. The van der Waals surface area contributed by atoms with E-state index in [2.05, 4.69) is 15.1 Å². The van der Waals surface area contributed by atoms with E-state index in [9.17, 15) is 14.9 Å². The third-order valence-electron chi connectivity index (χ3n) is 3.84. The van der Waals surface area contributed by atoms with Gasteiger partial charge in [0, 0.05) is 18.9 Å². The molecule has 0 spiro atoms. The molecule has 1 atom stereocenters. The highest BCUT2D eigenvalue weighted by Gasteiger charge is 2.20. The number of nitrogens with zero attached hydrogens (tertiary/aromatic N) is 2. The van der Waals surface area contributed by atoms with Crippen molar-refractivity contribution in [3.8, 4) is 0 Å². The molecule has 2 aromatic heterocycles. The molecular formula is C17H16N4O4S. The van der Waals surface area contributed by atoms with Gasteiger partial charge in [-0.15, -0.1) is 21.5 Å². The van der Waals surface area contributed by atoms with Crippen LogP contribution in [0.25, 0.3) is 10.1 Å². The minimum atomic E-state index is -0.843. The number of thiophene rings is 1. The van der Waals surface area contributed by atoms with Gasteiger partial charge in [0.1, 0.15) is 6.61 Å². The highest BCUT2D eigenvalue weighted by Crippen LogP contribution is 2.29. The summed E-state index contributed by atoms with van der Waals surface area (Å²) in [6.45, 7) is 0.00557. The molecule has 26 heavy (non-hydrogen) atoms. The maximum absolute atomic E-state index is 12.6. The Morgan fingerprint density at radius 3 is 2.77 bits per heavy atom. The molecule has 0 fully saturated rings. The second kappa shape index (κ2) is 7.89. The molecule has 1 unspecified atom stereocenters. The van der Waals surface area contributed by atoms with Gasteiger partial charge >= 0.3 is 0 Å². The summed E-state index contributed by atoms with van der Waals surface area (Å²) in [5, 5.41) is 14.0. The van der Waals surface area contributed by atoms with Crippen molar-refractivity contribution in [2.45, 2.75) is 12.5 Å². The van der Waals surface area contributed by atoms with Crippen molar-refractivity contribution in [2.24, 2.45) is 5.73 Å². The third-order valence-corrected chi connectivity index (χ3v) is 4.84. The van der Waals surface area contributed by atoms with Crippen LogP contribution in [-0.2, 0) is 16.2 Å². The number of aromatic nitrogens is 1. The number of amides is 1. The quantitative estimate of drug-likeness (QED) is 0.486. The first kappa shape index (κ1) is 17.8. The van der Waals surface area contributed by atoms with Crippen LogP contribution in [0.15, 0.2) is 48.8 Å². The summed E-state index contributed by atoms with van der Waals surface area (Å²) in [7, 11) is 0. The molecule has 134 valence electrons. The zero-order chi connectivity index (χ0) is 18.5. The third kappa shape index (κ3) is 4.13. The van der Waals surface area contributed by atoms with Gasteiger partial charge < -0.3 is 15.9 Å². The van der Waals surface area contributed by atoms with Crippen LogP contribution in [0.2, 0.25) is 0 Å². The molecule has 0 bridgehead atoms. The number of fused-ring (bicyclic) bond motifs is 1. The fourth-order valence-electron chi connectivity index (χ4n) is 2.52. The lowest BCUT2D eigenvalue weighted by Gasteiger charge is -2.15. The van der Waals surface area contributed by atoms with Crippen LogP contribution in [0.1, 0.15) is 17.0 Å². The van der Waals surface area contributed by atoms with Crippen molar-refractivity contribution in [3.63, 3.8) is 0 Å². The van der Waals surface area contributed by atoms with E-state index in [1.807, 2.05) is 12.1 Å². The lowest BCUT2D eigenvalue weighted by atomic mass is 9.97. The van der Waals surface area contributed by atoms with Crippen LogP contribution < -0.4 is 11.1 Å². The molecule has 3 N–H and O–H groups in total. The van der Waals surface area contributed by atoms with Crippen molar-refractivity contribution in [1.82, 2.24) is 4.98 Å². The molecule has 3 rings (SSSR count). The van der Waals surface area contributed by atoms with E-state index in [4.69, 9.17) is 5.73 Å². The Balaban J connectivity index is 1.70. The first-order valence-corrected chi connectivity index (χ1v) is 8.59. The molecule has 0 aliphatic rings. The second-order valence-electron chi connectivity index (χ2n) is 5.54. The Hall–Kier alpha value is -3.04. The molecular weight excluding hydrogens is 356 g/mol. The van der Waals surface area contributed by atoms with Crippen molar-refractivity contribution in [3.05, 3.63) is 70.0 Å². The number of rotatable bonds is 7. The van der Waals surface area contributed by atoms with Gasteiger partial charge in [0.15, 0.2) is 0 Å². The molecule has 0 saturated carbocycles. The van der Waals surface area contributed by atoms with Gasteiger partial charge in [-0.1, -0.05) is 24.3 Å². The monoisotopic (exact) mass is 372 g/mol. The predicted octanol–water partition coefficient (Wildman–Crippen LogP) is 2.69. The molecule has 8 nitrogen and oxygen atoms in total. The second-order valence-corrected chi connectivity index (χ2v) is 6.62. The zero-order valence-electron chi connectivity index (χ0n) is 13.6. The van der Waals surface area contributed by atoms with Crippen LogP contribution in [0.3, 0.4) is 0 Å². The Bertz CT molecular complexity index is 893. The van der Waals surface area contributed by atoms with Crippen LogP contribution in [-0.4, -0.2) is 22.5 Å². The molecule has 0 radical (unpaired) electrons. The topological polar surface area (TPSA) is 120 Å². The Morgan fingerprint density at radius 1 is 1.35 bits per heavy atom. The van der Waals surface area contributed by atoms with Crippen LogP contribution >= 0.6 is 11.3 Å². The number of benzene rings is 1. The molecule has 0 saturated heterocycles. The van der Waals surface area contributed by atoms with Crippen molar-refractivity contribution >= 4 is 32.3 Å². The van der Waals surface area contributed by atoms with Gasteiger partial charge in [0.2, 0.25) is 5.91 Å². The Kier molecular flexibility index (Phi) is 5.40. The van der Waals surface area contributed by atoms with Crippen molar-refractivity contribution in [1.29, 1.82) is 0 Å². The van der Waals surface area contributed by atoms with E-state index < -0.39 is 11.0 Å². The maximum Gasteiger partial charge on any atom is 0.294 e. The van der Waals surface area contributed by atoms with E-state index >= 15 is 0 Å². The molecule has 0 aliphatic heterocycles. The van der Waals surface area contributed by atoms with E-state index in [1.165, 1.54) is 11.3 Å². The van der Waals surface area contributed by atoms with Crippen LogP contribution in [0, 0.1) is 10.1 Å². The Labute approximate surface area is 152 Å². The molecule has 9 heteroatoms. The van der Waals surface area contributed by atoms with Crippen molar-refractivity contribution in [2.75, 3.05) is 11.9 Å². The van der Waals surface area contributed by atoms with Gasteiger partial charge in [0.05, 0.1) is 15.6 Å². The number of carbonyl (C=O) groups is 1. The highest BCUT2D eigenvalue weighted by molar-refractivity contribution is 7.22. The first-order chi connectivity index (χ1) is 12.6. The van der Waals surface area contributed by atoms with E-state index in [-0.39, 0.29) is 19.1 Å². The number of hydrogen-bond acceptors (Lipinski definition) is 7. The molecule has 1 amide bonds. The minimum Gasteiger partial charge on any atom is -0.329 e. The van der Waals surface area contributed by atoms with E-state index in [0.717, 1.165) is 20.7 Å². The van der Waals surface area contributed by atoms with E-state index in [0.29, 0.717) is 5.56 Å². The van der Waals surface area contributed by atoms with Crippen LogP contribution in [0.5, 0.6) is 0 Å². The molecule has 1 aromatic carbocycles. The highest BCUT2D eigenvalue weighted by atomic mass is 32.1. The number of pyridine rings is 1. The molecule has 0 aliphatic carbocycles. The van der Waals surface area contributed by atoms with Gasteiger partial charge in [-0.3, -0.25) is 9.78 Å². The standard InChI is InChI=1S/C17H16N4O4S/c18-8-14(12-3-1-11(2-4-12)10-25-21(23)24)17(22)20-16-7-13-5-6-19-9-15(13)26-16/h1-7,9,14H,8,10,18H2,(H,20,22). The Morgan fingerprint density at radius 2 is 2.12 bits per heavy atom. The van der Waals surface area contributed by atoms with Gasteiger partial charge in [-0.25, -0.2) is 0 Å². The molecule has 2 heterocycles. The average molecular weight is 372 g/mol. The summed E-state index contributed by atoms with van der Waals surface area (Å²) in [6, 6.07) is 10.6. The summed E-state index contributed by atoms with van der Waals surface area (Å²) >= 11 is 1.44. The maximum atomic E-state index is 12.6. The number of carbonyl (C=O) groups excluding carboxylic acids is 1. The summed E-state index contributed by atoms with van der Waals surface area (Å²) in [5.74, 6) is -0.731. The largest absolute Gasteiger partial charge is 0.329 e. The molecule has 3 aromatic rings. The first-order valence-electron chi connectivity index (χ1n) is 7.77. The SMILES string of the molecule is NCC(C(=O)Nc1cc2ccncc2s1)c1ccc(CO[N+](=O)[O-])cc1. The smallest absolute Gasteiger partial charge is 0.294 e. The number of hydrogen-bond donors (Lipinski definition) is 2. The predicted molar refractivity (Wildman–Crippen MR) is 98.3 cm³/mol.